The number of aliphatic hydroxyl groups excluding tert-OH is 5. The Kier molecular flexibility index (Phi) is 17.1. The molecule has 0 aromatic rings. The van der Waals surface area contributed by atoms with Gasteiger partial charge in [-0.3, -0.25) is 4.79 Å². The van der Waals surface area contributed by atoms with Crippen molar-refractivity contribution in [3.8, 4) is 0 Å². The van der Waals surface area contributed by atoms with E-state index in [2.05, 4.69) is 13.0 Å². The number of hydrogen-bond donors (Lipinski definition) is 5. The fourth-order valence-electron chi connectivity index (χ4n) is 3.80. The summed E-state index contributed by atoms with van der Waals surface area (Å²) < 4.78 is 10.2. The first-order chi connectivity index (χ1) is 16.4. The van der Waals surface area contributed by atoms with Crippen molar-refractivity contribution in [2.75, 3.05) is 6.61 Å². The number of unbranched alkanes of at least 4 members (excludes halogenated alkanes) is 8. The van der Waals surface area contributed by atoms with Crippen LogP contribution in [0.25, 0.3) is 0 Å². The second kappa shape index (κ2) is 19.0. The van der Waals surface area contributed by atoms with Gasteiger partial charge in [0.2, 0.25) is 6.29 Å². The van der Waals surface area contributed by atoms with Crippen LogP contribution in [0.5, 0.6) is 0 Å². The minimum absolute atomic E-state index is 0.0995. The molecule has 0 amide bonds. The molecule has 34 heavy (non-hydrogen) atoms. The maximum absolute atomic E-state index is 11.9. The summed E-state index contributed by atoms with van der Waals surface area (Å²) in [6.45, 7) is 1.62. The summed E-state index contributed by atoms with van der Waals surface area (Å²) in [6.07, 6.45) is 13.1. The van der Waals surface area contributed by atoms with E-state index < -0.39 is 43.3 Å². The van der Waals surface area contributed by atoms with Crippen molar-refractivity contribution in [3.63, 3.8) is 0 Å². The van der Waals surface area contributed by atoms with E-state index in [1.54, 1.807) is 0 Å². The minimum atomic E-state index is -1.58. The van der Waals surface area contributed by atoms with E-state index >= 15 is 0 Å². The van der Waals surface area contributed by atoms with Gasteiger partial charge in [-0.15, -0.1) is 0 Å². The molecule has 1 heterocycles. The fourth-order valence-corrected chi connectivity index (χ4v) is 3.80. The molecule has 1 fully saturated rings. The van der Waals surface area contributed by atoms with Gasteiger partial charge in [0.15, 0.2) is 0 Å². The van der Waals surface area contributed by atoms with E-state index in [9.17, 15) is 25.2 Å². The van der Waals surface area contributed by atoms with E-state index in [4.69, 9.17) is 14.6 Å². The lowest BCUT2D eigenvalue weighted by molar-refractivity contribution is -0.292. The molecule has 0 saturated carbocycles. The van der Waals surface area contributed by atoms with Gasteiger partial charge >= 0.3 is 5.97 Å². The molecular weight excluding hydrogens is 440 g/mol. The second-order valence-electron chi connectivity index (χ2n) is 9.03. The molecule has 1 unspecified atom stereocenters. The van der Waals surface area contributed by atoms with Crippen LogP contribution in [-0.4, -0.2) is 74.9 Å². The van der Waals surface area contributed by atoms with Gasteiger partial charge < -0.3 is 35.0 Å². The highest BCUT2D eigenvalue weighted by molar-refractivity contribution is 5.69. The average Bonchev–Trinajstić information content (AvgIpc) is 2.82. The molecule has 1 rings (SSSR count). The van der Waals surface area contributed by atoms with Crippen LogP contribution >= 0.6 is 0 Å². The fraction of sp³-hybridized carbons (Fsp3) is 0.808. The average molecular weight is 487 g/mol. The zero-order chi connectivity index (χ0) is 25.2. The van der Waals surface area contributed by atoms with Crippen molar-refractivity contribution in [1.82, 2.24) is 0 Å². The first-order valence-electron chi connectivity index (χ1n) is 12.9. The number of rotatable bonds is 18. The lowest BCUT2D eigenvalue weighted by atomic mass is 9.99. The van der Waals surface area contributed by atoms with E-state index in [1.807, 2.05) is 18.2 Å². The highest BCUT2D eigenvalue weighted by atomic mass is 16.7. The number of carbonyl (C=O) groups excluding carboxylic acids is 1. The Balaban J connectivity index is 2.03. The number of hydrogen-bond acceptors (Lipinski definition) is 8. The molecule has 1 saturated heterocycles. The maximum atomic E-state index is 11.9. The smallest absolute Gasteiger partial charge is 0.308 e. The van der Waals surface area contributed by atoms with Gasteiger partial charge in [-0.05, 0) is 38.5 Å². The van der Waals surface area contributed by atoms with Gasteiger partial charge in [-0.1, -0.05) is 69.8 Å². The molecule has 8 heteroatoms. The largest absolute Gasteiger partial charge is 0.433 e. The third kappa shape index (κ3) is 13.0. The van der Waals surface area contributed by atoms with Crippen LogP contribution in [0.2, 0.25) is 0 Å². The number of esters is 1. The molecule has 0 aliphatic carbocycles. The SMILES string of the molecule is CCCCCCC(O)/C=C/CCCCCC/C=C/CCC(=O)O[C@@H]1O[C@H](CO)[C@@H](O)[C@H](O)[C@H]1O. The second-order valence-corrected chi connectivity index (χ2v) is 9.03. The van der Waals surface area contributed by atoms with Crippen LogP contribution in [0.3, 0.4) is 0 Å². The minimum Gasteiger partial charge on any atom is -0.433 e. The quantitative estimate of drug-likeness (QED) is 0.113. The van der Waals surface area contributed by atoms with Crippen molar-refractivity contribution in [3.05, 3.63) is 24.3 Å². The molecule has 0 aromatic heterocycles. The molecule has 0 aromatic carbocycles. The van der Waals surface area contributed by atoms with E-state index in [0.29, 0.717) is 6.42 Å². The number of ether oxygens (including phenoxy) is 2. The van der Waals surface area contributed by atoms with Gasteiger partial charge in [0.25, 0.3) is 0 Å². The lowest BCUT2D eigenvalue weighted by Crippen LogP contribution is -2.59. The van der Waals surface area contributed by atoms with E-state index in [0.717, 1.165) is 51.4 Å². The number of aliphatic hydroxyl groups is 5. The molecular formula is C26H46O8. The summed E-state index contributed by atoms with van der Waals surface area (Å²) in [5, 5.41) is 48.4. The zero-order valence-electron chi connectivity index (χ0n) is 20.6. The summed E-state index contributed by atoms with van der Waals surface area (Å²) in [7, 11) is 0. The molecule has 0 radical (unpaired) electrons. The van der Waals surface area contributed by atoms with Crippen LogP contribution in [0, 0.1) is 0 Å². The van der Waals surface area contributed by atoms with Crippen molar-refractivity contribution in [1.29, 1.82) is 0 Å². The topological polar surface area (TPSA) is 137 Å². The van der Waals surface area contributed by atoms with Crippen LogP contribution in [0.1, 0.15) is 90.4 Å². The molecule has 8 nitrogen and oxygen atoms in total. The number of allylic oxidation sites excluding steroid dienone is 3. The Morgan fingerprint density at radius 1 is 0.882 bits per heavy atom. The Bertz CT molecular complexity index is 577. The first kappa shape index (κ1) is 30.7. The van der Waals surface area contributed by atoms with Crippen molar-refractivity contribution in [2.24, 2.45) is 0 Å². The first-order valence-corrected chi connectivity index (χ1v) is 12.9. The Morgan fingerprint density at radius 3 is 2.21 bits per heavy atom. The van der Waals surface area contributed by atoms with Gasteiger partial charge in [0.05, 0.1) is 12.7 Å². The standard InChI is InChI=1S/C26H46O8/c1-2-3-4-13-16-20(28)17-14-11-9-7-5-6-8-10-12-15-18-22(29)34-26-25(32)24(31)23(30)21(19-27)33-26/h10,12,14,17,20-21,23-28,30-32H,2-9,11,13,15-16,18-19H2,1H3/b12-10+,17-14+/t20?,21-,23-,24+,25-,26+/m1/s1. The van der Waals surface area contributed by atoms with Crippen LogP contribution < -0.4 is 0 Å². The molecule has 0 spiro atoms. The molecule has 0 bridgehead atoms. The van der Waals surface area contributed by atoms with E-state index in [-0.39, 0.29) is 12.5 Å². The maximum Gasteiger partial charge on any atom is 0.308 e. The number of carbonyl (C=O) groups is 1. The highest BCUT2D eigenvalue weighted by Gasteiger charge is 2.45. The van der Waals surface area contributed by atoms with Gasteiger partial charge in [-0.25, -0.2) is 0 Å². The van der Waals surface area contributed by atoms with Crippen LogP contribution in [0.4, 0.5) is 0 Å². The van der Waals surface area contributed by atoms with Crippen LogP contribution in [0.15, 0.2) is 24.3 Å². The Labute approximate surface area is 204 Å². The van der Waals surface area contributed by atoms with Gasteiger partial charge in [0, 0.05) is 6.42 Å². The van der Waals surface area contributed by atoms with Crippen molar-refractivity contribution >= 4 is 5.97 Å². The Morgan fingerprint density at radius 2 is 1.53 bits per heavy atom. The summed E-state index contributed by atoms with van der Waals surface area (Å²) in [6, 6.07) is 0. The predicted molar refractivity (Wildman–Crippen MR) is 130 cm³/mol. The highest BCUT2D eigenvalue weighted by Crippen LogP contribution is 2.22. The summed E-state index contributed by atoms with van der Waals surface area (Å²) in [5.74, 6) is -0.590. The summed E-state index contributed by atoms with van der Waals surface area (Å²) >= 11 is 0. The molecule has 1 aliphatic heterocycles. The lowest BCUT2D eigenvalue weighted by Gasteiger charge is -2.39. The van der Waals surface area contributed by atoms with Gasteiger partial charge in [0.1, 0.15) is 24.4 Å². The summed E-state index contributed by atoms with van der Waals surface area (Å²) in [5.41, 5.74) is 0. The zero-order valence-corrected chi connectivity index (χ0v) is 20.6. The normalized spacial score (nSPS) is 26.4. The third-order valence-electron chi connectivity index (χ3n) is 5.98. The Hall–Kier alpha value is -1.29. The monoisotopic (exact) mass is 486 g/mol. The third-order valence-corrected chi connectivity index (χ3v) is 5.98. The molecule has 6 atom stereocenters. The molecule has 198 valence electrons. The van der Waals surface area contributed by atoms with Crippen molar-refractivity contribution < 1.29 is 39.8 Å². The molecule has 5 N–H and O–H groups in total. The predicted octanol–water partition coefficient (Wildman–Crippen LogP) is 2.89. The van der Waals surface area contributed by atoms with Crippen LogP contribution in [-0.2, 0) is 14.3 Å². The van der Waals surface area contributed by atoms with Gasteiger partial charge in [-0.2, -0.15) is 0 Å². The summed E-state index contributed by atoms with van der Waals surface area (Å²) in [4.78, 5) is 11.9. The van der Waals surface area contributed by atoms with E-state index in [1.165, 1.54) is 19.3 Å². The molecule has 1 aliphatic rings. The van der Waals surface area contributed by atoms with Crippen molar-refractivity contribution in [2.45, 2.75) is 127 Å².